The molecule has 0 saturated carbocycles. The summed E-state index contributed by atoms with van der Waals surface area (Å²) in [5.41, 5.74) is 6.63. The van der Waals surface area contributed by atoms with E-state index in [1.807, 2.05) is 61.5 Å². The molecule has 0 aliphatic heterocycles. The van der Waals surface area contributed by atoms with E-state index in [-0.39, 0.29) is 0 Å². The van der Waals surface area contributed by atoms with E-state index < -0.39 is 0 Å². The fourth-order valence-electron chi connectivity index (χ4n) is 2.30. The van der Waals surface area contributed by atoms with E-state index in [0.29, 0.717) is 17.8 Å². The second kappa shape index (κ2) is 6.75. The Labute approximate surface area is 134 Å². The molecule has 4 heteroatoms. The molecule has 0 atom stereocenters. The molecule has 0 amide bonds. The number of rotatable bonds is 5. The molecule has 3 rings (SSSR count). The number of furan rings is 1. The van der Waals surface area contributed by atoms with Crippen LogP contribution in [0.15, 0.2) is 76.2 Å². The summed E-state index contributed by atoms with van der Waals surface area (Å²) in [4.78, 5) is 10.8. The smallest absolute Gasteiger partial charge is 0.185 e. The highest BCUT2D eigenvalue weighted by atomic mass is 16.3. The molecule has 0 aliphatic carbocycles. The van der Waals surface area contributed by atoms with Gasteiger partial charge >= 0.3 is 0 Å². The maximum absolute atomic E-state index is 10.8. The third kappa shape index (κ3) is 3.37. The van der Waals surface area contributed by atoms with Gasteiger partial charge in [0.1, 0.15) is 5.76 Å². The number of carbonyl (C=O) groups excluding carboxylic acids is 1. The van der Waals surface area contributed by atoms with Crippen LogP contribution in [0.4, 0.5) is 5.69 Å². The van der Waals surface area contributed by atoms with Gasteiger partial charge in [0.15, 0.2) is 12.0 Å². The number of hydrogen-bond acceptors (Lipinski definition) is 4. The summed E-state index contributed by atoms with van der Waals surface area (Å²) in [7, 11) is 0. The van der Waals surface area contributed by atoms with Gasteiger partial charge in [-0.15, -0.1) is 0 Å². The normalized spacial score (nSPS) is 11.3. The van der Waals surface area contributed by atoms with Crippen LogP contribution in [0.3, 0.4) is 0 Å². The summed E-state index contributed by atoms with van der Waals surface area (Å²) >= 11 is 0. The Morgan fingerprint density at radius 1 is 1.00 bits per heavy atom. The van der Waals surface area contributed by atoms with Crippen molar-refractivity contribution in [3.8, 4) is 11.3 Å². The van der Waals surface area contributed by atoms with Crippen LogP contribution < -0.4 is 5.43 Å². The number of nitrogens with one attached hydrogen (secondary N) is 1. The molecule has 0 spiro atoms. The van der Waals surface area contributed by atoms with Crippen LogP contribution in [-0.2, 0) is 0 Å². The zero-order valence-electron chi connectivity index (χ0n) is 12.7. The highest BCUT2D eigenvalue weighted by Crippen LogP contribution is 2.26. The minimum Gasteiger partial charge on any atom is -0.453 e. The van der Waals surface area contributed by atoms with Crippen LogP contribution in [0.1, 0.15) is 23.0 Å². The Hall–Kier alpha value is -3.14. The Morgan fingerprint density at radius 2 is 1.74 bits per heavy atom. The number of hydrazone groups is 1. The van der Waals surface area contributed by atoms with Crippen LogP contribution in [0.5, 0.6) is 0 Å². The van der Waals surface area contributed by atoms with Gasteiger partial charge in [-0.05, 0) is 31.2 Å². The van der Waals surface area contributed by atoms with Gasteiger partial charge in [0.05, 0.1) is 11.4 Å². The molecule has 0 bridgehead atoms. The number of nitrogens with zero attached hydrogens (tertiary/aromatic N) is 1. The number of aldehydes is 1. The van der Waals surface area contributed by atoms with Gasteiger partial charge < -0.3 is 4.42 Å². The van der Waals surface area contributed by atoms with Crippen molar-refractivity contribution in [2.75, 3.05) is 5.43 Å². The van der Waals surface area contributed by atoms with E-state index in [9.17, 15) is 4.79 Å². The summed E-state index contributed by atoms with van der Waals surface area (Å²) in [5.74, 6) is 0.962. The maximum Gasteiger partial charge on any atom is 0.185 e. The lowest BCUT2D eigenvalue weighted by Gasteiger charge is -2.08. The van der Waals surface area contributed by atoms with Gasteiger partial charge in [-0.25, -0.2) is 0 Å². The van der Waals surface area contributed by atoms with Crippen molar-refractivity contribution in [3.05, 3.63) is 78.1 Å². The fraction of sp³-hybridized carbons (Fsp3) is 0.0526. The van der Waals surface area contributed by atoms with E-state index in [4.69, 9.17) is 4.42 Å². The van der Waals surface area contributed by atoms with Crippen LogP contribution >= 0.6 is 0 Å². The molecule has 2 aromatic carbocycles. The molecule has 3 aromatic rings. The lowest BCUT2D eigenvalue weighted by atomic mass is 10.0. The third-order valence-electron chi connectivity index (χ3n) is 3.45. The molecule has 4 nitrogen and oxygen atoms in total. The Kier molecular flexibility index (Phi) is 4.34. The summed E-state index contributed by atoms with van der Waals surface area (Å²) in [6.07, 6.45) is 0.698. The molecule has 0 unspecified atom stereocenters. The van der Waals surface area contributed by atoms with Crippen molar-refractivity contribution in [1.29, 1.82) is 0 Å². The van der Waals surface area contributed by atoms with Gasteiger partial charge in [-0.2, -0.15) is 5.10 Å². The van der Waals surface area contributed by atoms with Crippen LogP contribution in [0.2, 0.25) is 0 Å². The van der Waals surface area contributed by atoms with E-state index >= 15 is 0 Å². The number of carbonyl (C=O) groups is 1. The van der Waals surface area contributed by atoms with E-state index in [1.165, 1.54) is 0 Å². The molecular weight excluding hydrogens is 288 g/mol. The molecule has 0 radical (unpaired) electrons. The van der Waals surface area contributed by atoms with Crippen LogP contribution in [-0.4, -0.2) is 12.0 Å². The summed E-state index contributed by atoms with van der Waals surface area (Å²) in [6, 6.07) is 21.0. The van der Waals surface area contributed by atoms with E-state index in [2.05, 4.69) is 10.5 Å². The van der Waals surface area contributed by atoms with Crippen molar-refractivity contribution in [2.45, 2.75) is 6.92 Å². The second-order valence-electron chi connectivity index (χ2n) is 5.04. The Bertz CT molecular complexity index is 835. The molecule has 114 valence electrons. The lowest BCUT2D eigenvalue weighted by molar-refractivity contribution is 0.110. The standard InChI is InChI=1S/C19H16N2O2/c1-14(20-21-15-7-3-2-4-8-15)17-9-5-6-10-18(17)19-12-11-16(13-22)23-19/h2-13,21H,1H3. The van der Waals surface area contributed by atoms with Gasteiger partial charge in [-0.3, -0.25) is 10.2 Å². The van der Waals surface area contributed by atoms with Crippen LogP contribution in [0, 0.1) is 0 Å². The average molecular weight is 304 g/mol. The van der Waals surface area contributed by atoms with Gasteiger partial charge in [0, 0.05) is 11.1 Å². The van der Waals surface area contributed by atoms with Gasteiger partial charge in [0.25, 0.3) is 0 Å². The van der Waals surface area contributed by atoms with Crippen molar-refractivity contribution in [1.82, 2.24) is 0 Å². The summed E-state index contributed by atoms with van der Waals surface area (Å²) < 4.78 is 5.53. The first-order chi connectivity index (χ1) is 11.3. The van der Waals surface area contributed by atoms with Crippen molar-refractivity contribution < 1.29 is 9.21 Å². The fourth-order valence-corrected chi connectivity index (χ4v) is 2.30. The van der Waals surface area contributed by atoms with E-state index in [0.717, 1.165) is 22.5 Å². The first kappa shape index (κ1) is 14.8. The van der Waals surface area contributed by atoms with Crippen molar-refractivity contribution in [2.24, 2.45) is 5.10 Å². The second-order valence-corrected chi connectivity index (χ2v) is 5.04. The molecule has 23 heavy (non-hydrogen) atoms. The zero-order chi connectivity index (χ0) is 16.1. The largest absolute Gasteiger partial charge is 0.453 e. The summed E-state index contributed by atoms with van der Waals surface area (Å²) in [5, 5.41) is 4.43. The number of benzene rings is 2. The van der Waals surface area contributed by atoms with E-state index in [1.54, 1.807) is 12.1 Å². The Balaban J connectivity index is 1.91. The van der Waals surface area contributed by atoms with Gasteiger partial charge in [-0.1, -0.05) is 42.5 Å². The lowest BCUT2D eigenvalue weighted by Crippen LogP contribution is -2.01. The highest BCUT2D eigenvalue weighted by molar-refractivity contribution is 6.04. The minimum atomic E-state index is 0.312. The summed E-state index contributed by atoms with van der Waals surface area (Å²) in [6.45, 7) is 1.93. The third-order valence-corrected chi connectivity index (χ3v) is 3.45. The average Bonchev–Trinajstić information content (AvgIpc) is 3.09. The number of hydrogen-bond donors (Lipinski definition) is 1. The first-order valence-electron chi connectivity index (χ1n) is 7.28. The van der Waals surface area contributed by atoms with Gasteiger partial charge in [0.2, 0.25) is 0 Å². The minimum absolute atomic E-state index is 0.312. The number of para-hydroxylation sites is 1. The number of anilines is 1. The molecule has 1 N–H and O–H groups in total. The molecule has 0 aliphatic rings. The molecule has 1 aromatic heterocycles. The SMILES string of the molecule is CC(=NNc1ccccc1)c1ccccc1-c1ccc(C=O)o1. The van der Waals surface area contributed by atoms with Crippen molar-refractivity contribution in [3.63, 3.8) is 0 Å². The molecule has 0 saturated heterocycles. The van der Waals surface area contributed by atoms with Crippen molar-refractivity contribution >= 4 is 17.7 Å². The van der Waals surface area contributed by atoms with Crippen LogP contribution in [0.25, 0.3) is 11.3 Å². The maximum atomic E-state index is 10.8. The molecule has 0 fully saturated rings. The Morgan fingerprint density at radius 3 is 2.48 bits per heavy atom. The zero-order valence-corrected chi connectivity index (χ0v) is 12.7. The quantitative estimate of drug-likeness (QED) is 0.426. The predicted octanol–water partition coefficient (Wildman–Crippen LogP) is 4.60. The molecule has 1 heterocycles. The highest BCUT2D eigenvalue weighted by Gasteiger charge is 2.11. The predicted molar refractivity (Wildman–Crippen MR) is 91.8 cm³/mol. The first-order valence-corrected chi connectivity index (χ1v) is 7.28. The monoisotopic (exact) mass is 304 g/mol. The molecular formula is C19H16N2O2. The topological polar surface area (TPSA) is 54.6 Å².